The molecule has 1 aliphatic rings. The van der Waals surface area contributed by atoms with E-state index in [0.29, 0.717) is 12.0 Å². The summed E-state index contributed by atoms with van der Waals surface area (Å²) in [6.07, 6.45) is 8.40. The summed E-state index contributed by atoms with van der Waals surface area (Å²) in [6.45, 7) is 7.27. The lowest BCUT2D eigenvalue weighted by molar-refractivity contribution is 0.0306. The van der Waals surface area contributed by atoms with Crippen molar-refractivity contribution in [2.45, 2.75) is 71.6 Å². The molecular weight excluding hydrogens is 258 g/mol. The van der Waals surface area contributed by atoms with Gasteiger partial charge < -0.3 is 10.1 Å². The fourth-order valence-corrected chi connectivity index (χ4v) is 2.98. The first-order valence-corrected chi connectivity index (χ1v) is 8.65. The Morgan fingerprint density at radius 1 is 1.05 bits per heavy atom. The van der Waals surface area contributed by atoms with Crippen molar-refractivity contribution in [1.29, 1.82) is 0 Å². The van der Waals surface area contributed by atoms with Gasteiger partial charge in [0.05, 0.1) is 12.7 Å². The average molecular weight is 289 g/mol. The molecule has 0 amide bonds. The van der Waals surface area contributed by atoms with Crippen LogP contribution < -0.4 is 5.32 Å². The highest BCUT2D eigenvalue weighted by molar-refractivity contribution is 5.26. The molecule has 1 aromatic carbocycles. The lowest BCUT2D eigenvalue weighted by atomic mass is 10.1. The van der Waals surface area contributed by atoms with Crippen molar-refractivity contribution < 1.29 is 4.74 Å². The van der Waals surface area contributed by atoms with Crippen molar-refractivity contribution in [1.82, 2.24) is 5.32 Å². The van der Waals surface area contributed by atoms with E-state index in [0.717, 1.165) is 19.7 Å². The molecule has 0 aromatic heterocycles. The molecule has 0 saturated heterocycles. The van der Waals surface area contributed by atoms with Gasteiger partial charge in [-0.25, -0.2) is 0 Å². The van der Waals surface area contributed by atoms with E-state index in [4.69, 9.17) is 4.74 Å². The molecule has 0 bridgehead atoms. The van der Waals surface area contributed by atoms with Gasteiger partial charge in [-0.15, -0.1) is 0 Å². The molecule has 2 rings (SSSR count). The van der Waals surface area contributed by atoms with Gasteiger partial charge in [0.25, 0.3) is 0 Å². The zero-order valence-electron chi connectivity index (χ0n) is 13.7. The van der Waals surface area contributed by atoms with Gasteiger partial charge in [0, 0.05) is 6.54 Å². The maximum absolute atomic E-state index is 6.19. The Morgan fingerprint density at radius 3 is 2.38 bits per heavy atom. The number of hydrogen-bond acceptors (Lipinski definition) is 2. The second-order valence-electron chi connectivity index (χ2n) is 6.72. The van der Waals surface area contributed by atoms with E-state index in [1.807, 2.05) is 0 Å². The summed E-state index contributed by atoms with van der Waals surface area (Å²) in [4.78, 5) is 0. The number of benzene rings is 1. The Balaban J connectivity index is 1.83. The molecule has 1 aliphatic carbocycles. The first-order valence-electron chi connectivity index (χ1n) is 8.65. The highest BCUT2D eigenvalue weighted by Gasteiger charge is 2.13. The number of rotatable bonds is 7. The van der Waals surface area contributed by atoms with Crippen LogP contribution in [0.3, 0.4) is 0 Å². The van der Waals surface area contributed by atoms with Crippen molar-refractivity contribution in [2.24, 2.45) is 5.92 Å². The predicted octanol–water partition coefficient (Wildman–Crippen LogP) is 4.67. The quantitative estimate of drug-likeness (QED) is 0.736. The van der Waals surface area contributed by atoms with Crippen molar-refractivity contribution >= 4 is 0 Å². The SMILES string of the molecule is CC(C)CNCc1ccccc1COC1CCCCCC1. The maximum atomic E-state index is 6.19. The van der Waals surface area contributed by atoms with Crippen LogP contribution in [0.1, 0.15) is 63.5 Å². The number of hydrogen-bond donors (Lipinski definition) is 1. The molecule has 0 atom stereocenters. The van der Waals surface area contributed by atoms with Gasteiger partial charge in [-0.3, -0.25) is 0 Å². The fraction of sp³-hybridized carbons (Fsp3) is 0.684. The van der Waals surface area contributed by atoms with E-state index in [9.17, 15) is 0 Å². The second-order valence-corrected chi connectivity index (χ2v) is 6.72. The van der Waals surface area contributed by atoms with E-state index >= 15 is 0 Å². The van der Waals surface area contributed by atoms with Gasteiger partial charge in [0.2, 0.25) is 0 Å². The number of ether oxygens (including phenoxy) is 1. The van der Waals surface area contributed by atoms with Crippen molar-refractivity contribution in [3.05, 3.63) is 35.4 Å². The van der Waals surface area contributed by atoms with Crippen molar-refractivity contribution in [2.75, 3.05) is 6.54 Å². The molecule has 1 N–H and O–H groups in total. The normalized spacial score (nSPS) is 17.1. The zero-order chi connectivity index (χ0) is 14.9. The van der Waals surface area contributed by atoms with Gasteiger partial charge >= 0.3 is 0 Å². The minimum Gasteiger partial charge on any atom is -0.374 e. The molecule has 118 valence electrons. The molecule has 1 saturated carbocycles. The minimum absolute atomic E-state index is 0.476. The number of nitrogens with one attached hydrogen (secondary N) is 1. The Hall–Kier alpha value is -0.860. The van der Waals surface area contributed by atoms with Gasteiger partial charge in [0.1, 0.15) is 0 Å². The third-order valence-electron chi connectivity index (χ3n) is 4.26. The van der Waals surface area contributed by atoms with E-state index in [1.54, 1.807) is 0 Å². The lowest BCUT2D eigenvalue weighted by Crippen LogP contribution is -2.20. The minimum atomic E-state index is 0.476. The third-order valence-corrected chi connectivity index (χ3v) is 4.26. The van der Waals surface area contributed by atoms with Crippen LogP contribution in [-0.4, -0.2) is 12.6 Å². The van der Waals surface area contributed by atoms with E-state index in [-0.39, 0.29) is 0 Å². The Labute approximate surface area is 130 Å². The summed E-state index contributed by atoms with van der Waals surface area (Å²) in [7, 11) is 0. The molecule has 2 heteroatoms. The Bertz CT molecular complexity index is 394. The molecule has 0 radical (unpaired) electrons. The summed E-state index contributed by atoms with van der Waals surface area (Å²) < 4.78 is 6.19. The van der Waals surface area contributed by atoms with Crippen LogP contribution in [0.4, 0.5) is 0 Å². The molecule has 0 aliphatic heterocycles. The highest BCUT2D eigenvalue weighted by Crippen LogP contribution is 2.21. The molecular formula is C19H31NO. The summed E-state index contributed by atoms with van der Waals surface area (Å²) in [5.41, 5.74) is 2.73. The van der Waals surface area contributed by atoms with Crippen LogP contribution in [0.15, 0.2) is 24.3 Å². The van der Waals surface area contributed by atoms with Crippen LogP contribution in [0.2, 0.25) is 0 Å². The average Bonchev–Trinajstić information content (AvgIpc) is 2.74. The zero-order valence-corrected chi connectivity index (χ0v) is 13.7. The van der Waals surface area contributed by atoms with E-state index in [1.165, 1.54) is 49.7 Å². The van der Waals surface area contributed by atoms with Crippen LogP contribution in [0, 0.1) is 5.92 Å². The van der Waals surface area contributed by atoms with Crippen LogP contribution in [0.25, 0.3) is 0 Å². The van der Waals surface area contributed by atoms with Gasteiger partial charge in [0.15, 0.2) is 0 Å². The summed E-state index contributed by atoms with van der Waals surface area (Å²) in [6, 6.07) is 8.68. The van der Waals surface area contributed by atoms with Gasteiger partial charge in [-0.05, 0) is 36.4 Å². The van der Waals surface area contributed by atoms with E-state index < -0.39 is 0 Å². The lowest BCUT2D eigenvalue weighted by Gasteiger charge is -2.17. The second kappa shape index (κ2) is 9.22. The first-order chi connectivity index (χ1) is 10.3. The standard InChI is InChI=1S/C19H31NO/c1-16(2)13-20-14-17-9-7-8-10-18(17)15-21-19-11-5-3-4-6-12-19/h7-10,16,19-20H,3-6,11-15H2,1-2H3. The summed E-state index contributed by atoms with van der Waals surface area (Å²) >= 11 is 0. The summed E-state index contributed by atoms with van der Waals surface area (Å²) in [5, 5.41) is 3.53. The first kappa shape index (κ1) is 16.5. The molecule has 0 unspecified atom stereocenters. The molecule has 21 heavy (non-hydrogen) atoms. The largest absolute Gasteiger partial charge is 0.374 e. The molecule has 0 heterocycles. The topological polar surface area (TPSA) is 21.3 Å². The molecule has 0 spiro atoms. The molecule has 1 aromatic rings. The van der Waals surface area contributed by atoms with Gasteiger partial charge in [-0.2, -0.15) is 0 Å². The Kier molecular flexibility index (Phi) is 7.25. The fourth-order valence-electron chi connectivity index (χ4n) is 2.98. The van der Waals surface area contributed by atoms with Crippen LogP contribution in [-0.2, 0) is 17.9 Å². The monoisotopic (exact) mass is 289 g/mol. The summed E-state index contributed by atoms with van der Waals surface area (Å²) in [5.74, 6) is 0.694. The van der Waals surface area contributed by atoms with E-state index in [2.05, 4.69) is 43.4 Å². The Morgan fingerprint density at radius 2 is 1.71 bits per heavy atom. The predicted molar refractivity (Wildman–Crippen MR) is 89.3 cm³/mol. The van der Waals surface area contributed by atoms with Gasteiger partial charge in [-0.1, -0.05) is 63.8 Å². The third kappa shape index (κ3) is 6.19. The van der Waals surface area contributed by atoms with Crippen molar-refractivity contribution in [3.63, 3.8) is 0 Å². The van der Waals surface area contributed by atoms with Crippen molar-refractivity contribution in [3.8, 4) is 0 Å². The smallest absolute Gasteiger partial charge is 0.0723 e. The molecule has 1 fully saturated rings. The maximum Gasteiger partial charge on any atom is 0.0723 e. The van der Waals surface area contributed by atoms with Crippen LogP contribution in [0.5, 0.6) is 0 Å². The van der Waals surface area contributed by atoms with Crippen LogP contribution >= 0.6 is 0 Å². The molecule has 2 nitrogen and oxygen atoms in total. The highest BCUT2D eigenvalue weighted by atomic mass is 16.5.